The maximum Gasteiger partial charge on any atom is 0.302 e. The second kappa shape index (κ2) is 7.58. The number of aliphatic hydroxyl groups is 1. The topological polar surface area (TPSA) is 46.5 Å². The van der Waals surface area contributed by atoms with Gasteiger partial charge in [0, 0.05) is 6.92 Å². The van der Waals surface area contributed by atoms with Crippen LogP contribution in [-0.2, 0) is 9.53 Å². The molecule has 3 nitrogen and oxygen atoms in total. The number of hydrogen-bond donors (Lipinski definition) is 1. The molecule has 0 amide bonds. The van der Waals surface area contributed by atoms with Crippen molar-refractivity contribution in [1.29, 1.82) is 0 Å². The maximum atomic E-state index is 11.2. The Labute approximate surface area is 154 Å². The first-order valence-corrected chi connectivity index (χ1v) is 10.3. The van der Waals surface area contributed by atoms with Crippen molar-refractivity contribution in [3.63, 3.8) is 0 Å². The van der Waals surface area contributed by atoms with E-state index in [2.05, 4.69) is 34.6 Å². The average Bonchev–Trinajstić information content (AvgIpc) is 2.44. The molecular formula is C22H40O3. The highest BCUT2D eigenvalue weighted by Gasteiger charge is 2.57. The van der Waals surface area contributed by atoms with Crippen molar-refractivity contribution in [2.45, 2.75) is 98.5 Å². The van der Waals surface area contributed by atoms with Crippen LogP contribution in [0.5, 0.6) is 0 Å². The van der Waals surface area contributed by atoms with Crippen molar-refractivity contribution in [2.24, 2.45) is 28.6 Å². The highest BCUT2D eigenvalue weighted by Crippen LogP contribution is 2.63. The van der Waals surface area contributed by atoms with Crippen LogP contribution in [0.1, 0.15) is 92.9 Å². The number of fused-ring (bicyclic) bond motifs is 1. The lowest BCUT2D eigenvalue weighted by Gasteiger charge is -2.61. The Morgan fingerprint density at radius 2 is 1.84 bits per heavy atom. The van der Waals surface area contributed by atoms with E-state index in [-0.39, 0.29) is 11.4 Å². The molecule has 2 rings (SSSR count). The molecule has 1 N–H and O–H groups in total. The first-order valence-electron chi connectivity index (χ1n) is 10.3. The molecule has 146 valence electrons. The lowest BCUT2D eigenvalue weighted by molar-refractivity contribution is -0.170. The predicted molar refractivity (Wildman–Crippen MR) is 102 cm³/mol. The van der Waals surface area contributed by atoms with Gasteiger partial charge in [-0.05, 0) is 74.0 Å². The average molecular weight is 353 g/mol. The summed E-state index contributed by atoms with van der Waals surface area (Å²) < 4.78 is 5.09. The largest absolute Gasteiger partial charge is 0.466 e. The zero-order chi connectivity index (χ0) is 18.9. The van der Waals surface area contributed by atoms with Crippen molar-refractivity contribution in [1.82, 2.24) is 0 Å². The highest BCUT2D eigenvalue weighted by molar-refractivity contribution is 5.65. The summed E-state index contributed by atoms with van der Waals surface area (Å²) in [5.41, 5.74) is 0.0933. The maximum absolute atomic E-state index is 11.2. The van der Waals surface area contributed by atoms with Crippen LogP contribution in [0.2, 0.25) is 0 Å². The Hall–Kier alpha value is -0.570. The minimum absolute atomic E-state index is 0.192. The Balaban J connectivity index is 2.04. The number of ether oxygens (including phenoxy) is 1. The van der Waals surface area contributed by atoms with Gasteiger partial charge in [0.15, 0.2) is 0 Å². The standard InChI is InChI=1S/C22H40O3/c1-16(11-15-25-17(2)23)8-9-19-21(5)13-7-12-20(3,4)18(21)10-14-22(19,6)24/h16,18-19,24H,7-15H2,1-6H3/t16-,18?,19+,21-,22+/m0/s1. The number of carbonyl (C=O) groups is 1. The molecule has 0 heterocycles. The van der Waals surface area contributed by atoms with E-state index >= 15 is 0 Å². The van der Waals surface area contributed by atoms with E-state index in [1.54, 1.807) is 0 Å². The van der Waals surface area contributed by atoms with E-state index < -0.39 is 5.60 Å². The molecule has 0 radical (unpaired) electrons. The SMILES string of the molecule is CC(=O)OCC[C@@H](C)CC[C@@H]1[C@@]2(C)CCCC(C)(C)C2CC[C@@]1(C)O. The van der Waals surface area contributed by atoms with Crippen LogP contribution >= 0.6 is 0 Å². The molecule has 25 heavy (non-hydrogen) atoms. The molecule has 0 saturated heterocycles. The third-order valence-electron chi connectivity index (χ3n) is 7.63. The second-order valence-corrected chi connectivity index (χ2v) is 10.2. The molecule has 2 fully saturated rings. The number of esters is 1. The molecule has 0 aromatic carbocycles. The quantitative estimate of drug-likeness (QED) is 0.655. The van der Waals surface area contributed by atoms with Crippen LogP contribution in [0, 0.1) is 28.6 Å². The molecule has 2 aliphatic carbocycles. The van der Waals surface area contributed by atoms with Gasteiger partial charge in [-0.25, -0.2) is 0 Å². The first kappa shape index (κ1) is 20.7. The summed E-state index contributed by atoms with van der Waals surface area (Å²) in [5, 5.41) is 11.2. The molecule has 5 atom stereocenters. The number of hydrogen-bond acceptors (Lipinski definition) is 3. The predicted octanol–water partition coefficient (Wildman–Crippen LogP) is 5.35. The molecule has 0 aromatic heterocycles. The molecule has 1 unspecified atom stereocenters. The zero-order valence-corrected chi connectivity index (χ0v) is 17.4. The smallest absolute Gasteiger partial charge is 0.302 e. The number of rotatable bonds is 6. The van der Waals surface area contributed by atoms with E-state index in [9.17, 15) is 9.90 Å². The highest BCUT2D eigenvalue weighted by atomic mass is 16.5. The lowest BCUT2D eigenvalue weighted by atomic mass is 9.45. The van der Waals surface area contributed by atoms with Crippen LogP contribution in [0.15, 0.2) is 0 Å². The third kappa shape index (κ3) is 4.59. The van der Waals surface area contributed by atoms with Gasteiger partial charge in [-0.3, -0.25) is 4.79 Å². The van der Waals surface area contributed by atoms with E-state index in [1.807, 2.05) is 0 Å². The van der Waals surface area contributed by atoms with Crippen molar-refractivity contribution in [3.8, 4) is 0 Å². The molecule has 2 saturated carbocycles. The van der Waals surface area contributed by atoms with Gasteiger partial charge < -0.3 is 9.84 Å². The third-order valence-corrected chi connectivity index (χ3v) is 7.63. The molecular weight excluding hydrogens is 312 g/mol. The molecule has 0 spiro atoms. The van der Waals surface area contributed by atoms with Crippen molar-refractivity contribution in [3.05, 3.63) is 0 Å². The van der Waals surface area contributed by atoms with Gasteiger partial charge >= 0.3 is 5.97 Å². The minimum Gasteiger partial charge on any atom is -0.466 e. The first-order chi connectivity index (χ1) is 11.5. The number of carbonyl (C=O) groups excluding carboxylic acids is 1. The van der Waals surface area contributed by atoms with Crippen LogP contribution < -0.4 is 0 Å². The summed E-state index contributed by atoms with van der Waals surface area (Å²) in [6, 6.07) is 0. The fraction of sp³-hybridized carbons (Fsp3) is 0.955. The fourth-order valence-electron chi connectivity index (χ4n) is 6.26. The molecule has 3 heteroatoms. The Morgan fingerprint density at radius 1 is 1.16 bits per heavy atom. The van der Waals surface area contributed by atoms with E-state index in [0.717, 1.165) is 38.0 Å². The summed E-state index contributed by atoms with van der Waals surface area (Å²) in [6.45, 7) is 13.6. The van der Waals surface area contributed by atoms with Gasteiger partial charge in [-0.1, -0.05) is 40.5 Å². The van der Waals surface area contributed by atoms with Crippen LogP contribution in [-0.4, -0.2) is 23.3 Å². The van der Waals surface area contributed by atoms with Crippen molar-refractivity contribution >= 4 is 5.97 Å². The van der Waals surface area contributed by atoms with Crippen LogP contribution in [0.25, 0.3) is 0 Å². The van der Waals surface area contributed by atoms with E-state index in [4.69, 9.17) is 4.74 Å². The Morgan fingerprint density at radius 3 is 2.48 bits per heavy atom. The monoisotopic (exact) mass is 352 g/mol. The normalized spacial score (nSPS) is 38.7. The molecule has 0 aromatic rings. The van der Waals surface area contributed by atoms with Crippen LogP contribution in [0.3, 0.4) is 0 Å². The Kier molecular flexibility index (Phi) is 6.29. The minimum atomic E-state index is -0.547. The summed E-state index contributed by atoms with van der Waals surface area (Å²) in [7, 11) is 0. The summed E-state index contributed by atoms with van der Waals surface area (Å²) >= 11 is 0. The van der Waals surface area contributed by atoms with Gasteiger partial charge in [-0.2, -0.15) is 0 Å². The summed E-state index contributed by atoms with van der Waals surface area (Å²) in [5.74, 6) is 1.42. The summed E-state index contributed by atoms with van der Waals surface area (Å²) in [6.07, 6.45) is 9.06. The zero-order valence-electron chi connectivity index (χ0n) is 17.4. The molecule has 0 bridgehead atoms. The van der Waals surface area contributed by atoms with Crippen LogP contribution in [0.4, 0.5) is 0 Å². The van der Waals surface area contributed by atoms with Crippen molar-refractivity contribution < 1.29 is 14.6 Å². The van der Waals surface area contributed by atoms with E-state index in [1.165, 1.54) is 26.2 Å². The summed E-state index contributed by atoms with van der Waals surface area (Å²) in [4.78, 5) is 10.9. The van der Waals surface area contributed by atoms with Gasteiger partial charge in [-0.15, -0.1) is 0 Å². The van der Waals surface area contributed by atoms with Gasteiger partial charge in [0.05, 0.1) is 12.2 Å². The van der Waals surface area contributed by atoms with Crippen molar-refractivity contribution in [2.75, 3.05) is 6.61 Å². The molecule has 0 aliphatic heterocycles. The Bertz CT molecular complexity index is 468. The van der Waals surface area contributed by atoms with Gasteiger partial charge in [0.2, 0.25) is 0 Å². The van der Waals surface area contributed by atoms with Gasteiger partial charge in [0.1, 0.15) is 0 Å². The molecule has 2 aliphatic rings. The second-order valence-electron chi connectivity index (χ2n) is 10.2. The fourth-order valence-corrected chi connectivity index (χ4v) is 6.26. The lowest BCUT2D eigenvalue weighted by Crippen LogP contribution is -2.57. The van der Waals surface area contributed by atoms with Gasteiger partial charge in [0.25, 0.3) is 0 Å². The van der Waals surface area contributed by atoms with E-state index in [0.29, 0.717) is 23.9 Å².